The molecule has 0 spiro atoms. The number of benzene rings is 3. The minimum Gasteiger partial charge on any atom is -0.493 e. The van der Waals surface area contributed by atoms with Crippen molar-refractivity contribution in [3.8, 4) is 28.4 Å². The molecule has 0 saturated carbocycles. The van der Waals surface area contributed by atoms with Crippen molar-refractivity contribution < 1.29 is 28.5 Å². The molecule has 0 atom stereocenters. The third kappa shape index (κ3) is 4.93. The van der Waals surface area contributed by atoms with Gasteiger partial charge in [-0.25, -0.2) is 14.3 Å². The quantitative estimate of drug-likeness (QED) is 0.324. The number of ether oxygens (including phenoxy) is 4. The Kier molecular flexibility index (Phi) is 7.34. The Balaban J connectivity index is 1.85. The number of aromatic nitrogens is 2. The maximum absolute atomic E-state index is 12.9. The summed E-state index contributed by atoms with van der Waals surface area (Å²) in [5, 5.41) is 4.63. The predicted octanol–water partition coefficient (Wildman–Crippen LogP) is 5.01. The average Bonchev–Trinajstić information content (AvgIpc) is 3.32. The summed E-state index contributed by atoms with van der Waals surface area (Å²) in [6.45, 7) is 2.33. The predicted molar refractivity (Wildman–Crippen MR) is 134 cm³/mol. The molecule has 4 rings (SSSR count). The lowest BCUT2D eigenvalue weighted by Crippen LogP contribution is -2.15. The van der Waals surface area contributed by atoms with E-state index in [1.54, 1.807) is 49.6 Å². The van der Waals surface area contributed by atoms with E-state index in [9.17, 15) is 9.59 Å². The van der Waals surface area contributed by atoms with Crippen LogP contribution < -0.4 is 9.47 Å². The number of hydrogen-bond donors (Lipinski definition) is 0. The van der Waals surface area contributed by atoms with Gasteiger partial charge < -0.3 is 18.9 Å². The van der Waals surface area contributed by atoms with Crippen molar-refractivity contribution in [3.63, 3.8) is 0 Å². The van der Waals surface area contributed by atoms with Crippen LogP contribution in [0.15, 0.2) is 72.8 Å². The second kappa shape index (κ2) is 10.8. The van der Waals surface area contributed by atoms with Crippen LogP contribution >= 0.6 is 0 Å². The van der Waals surface area contributed by atoms with Gasteiger partial charge in [0.15, 0.2) is 17.2 Å². The molecular weight excluding hydrogens is 460 g/mol. The van der Waals surface area contributed by atoms with Gasteiger partial charge in [-0.3, -0.25) is 0 Å². The van der Waals surface area contributed by atoms with Crippen LogP contribution in [-0.4, -0.2) is 43.0 Å². The number of hydrogen-bond acceptors (Lipinski definition) is 7. The molecule has 3 aromatic carbocycles. The molecule has 0 fully saturated rings. The molecule has 8 heteroatoms. The SMILES string of the molecule is COC(=O)c1c(-c2ccc(OC)c(OCc3cccc(C)c3)c2)nn(-c2ccccc2)c1C(=O)OC. The van der Waals surface area contributed by atoms with Crippen molar-refractivity contribution >= 4 is 11.9 Å². The molecule has 0 amide bonds. The minimum absolute atomic E-state index is 0.0111. The number of nitrogens with zero attached hydrogens (tertiary/aromatic N) is 2. The number of carbonyl (C=O) groups is 2. The van der Waals surface area contributed by atoms with Gasteiger partial charge in [0.1, 0.15) is 17.9 Å². The van der Waals surface area contributed by atoms with Crippen LogP contribution in [0.25, 0.3) is 16.9 Å². The zero-order valence-electron chi connectivity index (χ0n) is 20.5. The minimum atomic E-state index is -0.720. The van der Waals surface area contributed by atoms with Crippen LogP contribution in [0, 0.1) is 6.92 Å². The van der Waals surface area contributed by atoms with E-state index < -0.39 is 11.9 Å². The van der Waals surface area contributed by atoms with E-state index in [0.29, 0.717) is 29.4 Å². The molecule has 0 aliphatic heterocycles. The van der Waals surface area contributed by atoms with Crippen molar-refractivity contribution in [1.29, 1.82) is 0 Å². The molecule has 36 heavy (non-hydrogen) atoms. The fourth-order valence-corrected chi connectivity index (χ4v) is 3.86. The lowest BCUT2D eigenvalue weighted by Gasteiger charge is -2.13. The van der Waals surface area contributed by atoms with Crippen LogP contribution in [0.4, 0.5) is 0 Å². The van der Waals surface area contributed by atoms with Crippen molar-refractivity contribution in [2.24, 2.45) is 0 Å². The highest BCUT2D eigenvalue weighted by Gasteiger charge is 2.31. The Hall–Kier alpha value is -4.59. The third-order valence-electron chi connectivity index (χ3n) is 5.57. The molecule has 0 unspecified atom stereocenters. The van der Waals surface area contributed by atoms with E-state index in [0.717, 1.165) is 11.1 Å². The van der Waals surface area contributed by atoms with Gasteiger partial charge in [-0.05, 0) is 42.8 Å². The highest BCUT2D eigenvalue weighted by atomic mass is 16.5. The van der Waals surface area contributed by atoms with Crippen molar-refractivity contribution in [2.45, 2.75) is 13.5 Å². The Morgan fingerprint density at radius 3 is 2.25 bits per heavy atom. The van der Waals surface area contributed by atoms with E-state index in [1.165, 1.54) is 18.9 Å². The second-order valence-corrected chi connectivity index (χ2v) is 7.95. The largest absolute Gasteiger partial charge is 0.493 e. The normalized spacial score (nSPS) is 10.6. The number of carbonyl (C=O) groups excluding carboxylic acids is 2. The Bertz CT molecular complexity index is 1390. The maximum atomic E-state index is 12.9. The standard InChI is InChI=1S/C28H26N2O6/c1-18-9-8-10-19(15-18)17-36-23-16-20(13-14-22(23)33-2)25-24(27(31)34-3)26(28(32)35-4)30(29-25)21-11-6-5-7-12-21/h5-16H,17H2,1-4H3. The number of para-hydroxylation sites is 1. The number of rotatable bonds is 8. The Labute approximate surface area is 209 Å². The average molecular weight is 487 g/mol. The highest BCUT2D eigenvalue weighted by molar-refractivity contribution is 6.06. The molecule has 0 saturated heterocycles. The molecule has 1 heterocycles. The first kappa shape index (κ1) is 24.5. The summed E-state index contributed by atoms with van der Waals surface area (Å²) >= 11 is 0. The van der Waals surface area contributed by atoms with E-state index in [-0.39, 0.29) is 17.0 Å². The van der Waals surface area contributed by atoms with Crippen molar-refractivity contribution in [3.05, 3.63) is 95.2 Å². The first-order valence-corrected chi connectivity index (χ1v) is 11.2. The molecular formula is C28H26N2O6. The second-order valence-electron chi connectivity index (χ2n) is 7.95. The zero-order valence-corrected chi connectivity index (χ0v) is 20.5. The third-order valence-corrected chi connectivity index (χ3v) is 5.57. The van der Waals surface area contributed by atoms with Gasteiger partial charge in [0, 0.05) is 5.56 Å². The topological polar surface area (TPSA) is 88.9 Å². The molecule has 0 aliphatic rings. The fraction of sp³-hybridized carbons (Fsp3) is 0.179. The van der Waals surface area contributed by atoms with Gasteiger partial charge >= 0.3 is 11.9 Å². The fourth-order valence-electron chi connectivity index (χ4n) is 3.86. The molecule has 0 radical (unpaired) electrons. The molecule has 8 nitrogen and oxygen atoms in total. The van der Waals surface area contributed by atoms with Crippen molar-refractivity contribution in [2.75, 3.05) is 21.3 Å². The van der Waals surface area contributed by atoms with Crippen LogP contribution in [0.2, 0.25) is 0 Å². The van der Waals surface area contributed by atoms with Crippen LogP contribution in [0.5, 0.6) is 11.5 Å². The summed E-state index contributed by atoms with van der Waals surface area (Å²) in [4.78, 5) is 25.7. The molecule has 4 aromatic rings. The van der Waals surface area contributed by atoms with Crippen molar-refractivity contribution in [1.82, 2.24) is 9.78 Å². The summed E-state index contributed by atoms with van der Waals surface area (Å²) in [5.41, 5.74) is 3.44. The van der Waals surface area contributed by atoms with E-state index >= 15 is 0 Å². The van der Waals surface area contributed by atoms with Crippen LogP contribution in [-0.2, 0) is 16.1 Å². The van der Waals surface area contributed by atoms with Gasteiger partial charge in [0.25, 0.3) is 0 Å². The number of aryl methyl sites for hydroxylation is 1. The van der Waals surface area contributed by atoms with Gasteiger partial charge in [-0.15, -0.1) is 0 Å². The van der Waals surface area contributed by atoms with E-state index in [4.69, 9.17) is 18.9 Å². The van der Waals surface area contributed by atoms with Crippen LogP contribution in [0.3, 0.4) is 0 Å². The zero-order chi connectivity index (χ0) is 25.7. The van der Waals surface area contributed by atoms with Gasteiger partial charge in [0.05, 0.1) is 27.0 Å². The molecule has 1 aromatic heterocycles. The summed E-state index contributed by atoms with van der Waals surface area (Å²) in [5.74, 6) is -0.462. The monoisotopic (exact) mass is 486 g/mol. The van der Waals surface area contributed by atoms with Gasteiger partial charge in [0.2, 0.25) is 0 Å². The van der Waals surface area contributed by atoms with Gasteiger partial charge in [-0.1, -0.05) is 48.0 Å². The summed E-state index contributed by atoms with van der Waals surface area (Å²) in [7, 11) is 4.04. The summed E-state index contributed by atoms with van der Waals surface area (Å²) < 4.78 is 23.0. The van der Waals surface area contributed by atoms with E-state index in [2.05, 4.69) is 5.10 Å². The Morgan fingerprint density at radius 1 is 0.833 bits per heavy atom. The number of esters is 2. The summed E-state index contributed by atoms with van der Waals surface area (Å²) in [6.07, 6.45) is 0. The molecule has 0 N–H and O–H groups in total. The van der Waals surface area contributed by atoms with E-state index in [1.807, 2.05) is 37.3 Å². The molecule has 0 bridgehead atoms. The van der Waals surface area contributed by atoms with Gasteiger partial charge in [-0.2, -0.15) is 5.10 Å². The smallest absolute Gasteiger partial charge is 0.357 e. The highest BCUT2D eigenvalue weighted by Crippen LogP contribution is 2.36. The van der Waals surface area contributed by atoms with Crippen LogP contribution in [0.1, 0.15) is 32.0 Å². The first-order valence-electron chi connectivity index (χ1n) is 11.2. The molecule has 184 valence electrons. The lowest BCUT2D eigenvalue weighted by atomic mass is 10.0. The maximum Gasteiger partial charge on any atom is 0.357 e. The number of methoxy groups -OCH3 is 3. The first-order chi connectivity index (χ1) is 17.5. The summed E-state index contributed by atoms with van der Waals surface area (Å²) in [6, 6.07) is 22.2. The Morgan fingerprint density at radius 2 is 1.58 bits per heavy atom. The molecule has 0 aliphatic carbocycles. The lowest BCUT2D eigenvalue weighted by molar-refractivity contribution is 0.0549.